The van der Waals surface area contributed by atoms with Gasteiger partial charge < -0.3 is 15.4 Å². The van der Waals surface area contributed by atoms with E-state index in [0.717, 1.165) is 18.4 Å². The molecule has 0 bridgehead atoms. The Balaban J connectivity index is 1.49. The van der Waals surface area contributed by atoms with E-state index < -0.39 is 5.97 Å². The average Bonchev–Trinajstić information content (AvgIpc) is 3.36. The van der Waals surface area contributed by atoms with Gasteiger partial charge in [0.2, 0.25) is 5.91 Å². The molecule has 3 rings (SSSR count). The van der Waals surface area contributed by atoms with Crippen LogP contribution in [0.15, 0.2) is 66.0 Å². The fourth-order valence-corrected chi connectivity index (χ4v) is 3.66. The van der Waals surface area contributed by atoms with Gasteiger partial charge >= 0.3 is 5.97 Å². The van der Waals surface area contributed by atoms with Crippen molar-refractivity contribution in [2.45, 2.75) is 19.8 Å². The van der Waals surface area contributed by atoms with Crippen LogP contribution in [0.4, 0.5) is 5.69 Å². The second kappa shape index (κ2) is 11.7. The number of carbonyl (C=O) groups excluding carboxylic acids is 4. The Bertz CT molecular complexity index is 1120. The van der Waals surface area contributed by atoms with Crippen LogP contribution in [-0.2, 0) is 16.0 Å². The van der Waals surface area contributed by atoms with E-state index in [9.17, 15) is 19.2 Å². The molecule has 0 aliphatic rings. The second-order valence-electron chi connectivity index (χ2n) is 7.29. The first-order chi connectivity index (χ1) is 15.9. The maximum Gasteiger partial charge on any atom is 0.338 e. The zero-order valence-corrected chi connectivity index (χ0v) is 18.9. The lowest BCUT2D eigenvalue weighted by molar-refractivity contribution is -0.118. The van der Waals surface area contributed by atoms with Gasteiger partial charge in [0.05, 0.1) is 10.4 Å². The molecule has 0 saturated carbocycles. The number of benzene rings is 2. The van der Waals surface area contributed by atoms with E-state index >= 15 is 0 Å². The molecule has 2 N–H and O–H groups in total. The summed E-state index contributed by atoms with van der Waals surface area (Å²) in [5.74, 6) is -1.27. The van der Waals surface area contributed by atoms with Gasteiger partial charge in [-0.1, -0.05) is 36.4 Å². The van der Waals surface area contributed by atoms with Crippen LogP contribution >= 0.6 is 11.3 Å². The number of nitrogens with one attached hydrogen (secondary N) is 2. The first-order valence-corrected chi connectivity index (χ1v) is 11.3. The molecule has 0 saturated heterocycles. The predicted octanol–water partition coefficient (Wildman–Crippen LogP) is 4.11. The minimum absolute atomic E-state index is 0.0552. The number of ketones is 1. The van der Waals surface area contributed by atoms with Crippen molar-refractivity contribution in [2.75, 3.05) is 18.5 Å². The molecule has 3 aromatic rings. The third-order valence-electron chi connectivity index (χ3n) is 4.73. The molecular formula is C25H24N2O5S. The second-order valence-corrected chi connectivity index (χ2v) is 8.24. The predicted molar refractivity (Wildman–Crippen MR) is 127 cm³/mol. The monoisotopic (exact) mass is 464 g/mol. The summed E-state index contributed by atoms with van der Waals surface area (Å²) in [4.78, 5) is 48.4. The lowest BCUT2D eigenvalue weighted by Crippen LogP contribution is -2.21. The largest absolute Gasteiger partial charge is 0.454 e. The molecule has 2 amide bonds. The van der Waals surface area contributed by atoms with Gasteiger partial charge in [-0.15, -0.1) is 11.3 Å². The van der Waals surface area contributed by atoms with Crippen LogP contribution in [0, 0.1) is 0 Å². The maximum absolute atomic E-state index is 12.4. The van der Waals surface area contributed by atoms with Gasteiger partial charge in [-0.05, 0) is 48.1 Å². The van der Waals surface area contributed by atoms with Crippen molar-refractivity contribution in [3.8, 4) is 0 Å². The van der Waals surface area contributed by atoms with E-state index in [0.29, 0.717) is 22.7 Å². The number of esters is 1. The Morgan fingerprint density at radius 3 is 2.42 bits per heavy atom. The summed E-state index contributed by atoms with van der Waals surface area (Å²) in [6.45, 7) is 1.70. The molecule has 1 heterocycles. The quantitative estimate of drug-likeness (QED) is 0.267. The van der Waals surface area contributed by atoms with Crippen LogP contribution < -0.4 is 10.6 Å². The number of aryl methyl sites for hydroxylation is 1. The standard InChI is InChI=1S/C25H24N2O5S/c1-17(28)26-13-3-5-18-9-11-19(12-10-18)22(29)16-32-25(31)20-6-2-7-21(15-20)27-24(30)23-8-4-14-33-23/h2,4,6-12,14-15H,3,5,13,16H2,1H3,(H,26,28)(H,27,30). The van der Waals surface area contributed by atoms with Gasteiger partial charge in [0, 0.05) is 24.7 Å². The number of amides is 2. The highest BCUT2D eigenvalue weighted by Gasteiger charge is 2.14. The Morgan fingerprint density at radius 2 is 1.73 bits per heavy atom. The van der Waals surface area contributed by atoms with Crippen molar-refractivity contribution >= 4 is 40.6 Å². The van der Waals surface area contributed by atoms with Crippen LogP contribution in [0.25, 0.3) is 0 Å². The van der Waals surface area contributed by atoms with E-state index in [-0.39, 0.29) is 29.8 Å². The van der Waals surface area contributed by atoms with Crippen molar-refractivity contribution in [3.05, 3.63) is 87.6 Å². The van der Waals surface area contributed by atoms with Gasteiger partial charge in [0.25, 0.3) is 5.91 Å². The molecule has 0 unspecified atom stereocenters. The number of hydrogen-bond donors (Lipinski definition) is 2. The zero-order valence-electron chi connectivity index (χ0n) is 18.1. The highest BCUT2D eigenvalue weighted by atomic mass is 32.1. The first-order valence-electron chi connectivity index (χ1n) is 10.4. The normalized spacial score (nSPS) is 10.3. The number of anilines is 1. The molecule has 2 aromatic carbocycles. The fraction of sp³-hybridized carbons (Fsp3) is 0.200. The summed E-state index contributed by atoms with van der Waals surface area (Å²) in [6.07, 6.45) is 1.58. The smallest absolute Gasteiger partial charge is 0.338 e. The van der Waals surface area contributed by atoms with E-state index in [1.165, 1.54) is 24.3 Å². The molecule has 1 aromatic heterocycles. The summed E-state index contributed by atoms with van der Waals surface area (Å²) in [5, 5.41) is 7.29. The molecule has 0 fully saturated rings. The van der Waals surface area contributed by atoms with Crippen LogP contribution in [0.1, 0.15) is 49.3 Å². The van der Waals surface area contributed by atoms with Crippen molar-refractivity contribution in [1.29, 1.82) is 0 Å². The van der Waals surface area contributed by atoms with Crippen molar-refractivity contribution in [3.63, 3.8) is 0 Å². The minimum atomic E-state index is -0.648. The van der Waals surface area contributed by atoms with E-state index in [1.54, 1.807) is 42.5 Å². The summed E-state index contributed by atoms with van der Waals surface area (Å²) in [6, 6.07) is 17.0. The summed E-state index contributed by atoms with van der Waals surface area (Å²) in [7, 11) is 0. The summed E-state index contributed by atoms with van der Waals surface area (Å²) >= 11 is 1.32. The topological polar surface area (TPSA) is 102 Å². The molecule has 7 nitrogen and oxygen atoms in total. The van der Waals surface area contributed by atoms with Crippen LogP contribution in [-0.4, -0.2) is 36.7 Å². The van der Waals surface area contributed by atoms with Gasteiger partial charge in [-0.3, -0.25) is 14.4 Å². The van der Waals surface area contributed by atoms with Crippen LogP contribution in [0.3, 0.4) is 0 Å². The summed E-state index contributed by atoms with van der Waals surface area (Å²) in [5.41, 5.74) is 2.20. The minimum Gasteiger partial charge on any atom is -0.454 e. The first kappa shape index (κ1) is 23.9. The number of rotatable bonds is 10. The van der Waals surface area contributed by atoms with Crippen LogP contribution in [0.5, 0.6) is 0 Å². The van der Waals surface area contributed by atoms with Gasteiger partial charge in [-0.25, -0.2) is 4.79 Å². The Hall–Kier alpha value is -3.78. The molecule has 0 aliphatic carbocycles. The number of thiophene rings is 1. The molecule has 8 heteroatoms. The SMILES string of the molecule is CC(=O)NCCCc1ccc(C(=O)COC(=O)c2cccc(NC(=O)c3cccs3)c2)cc1. The van der Waals surface area contributed by atoms with Crippen molar-refractivity contribution in [2.24, 2.45) is 0 Å². The number of Topliss-reactive ketones (excluding diaryl/α,β-unsaturated/α-hetero) is 1. The number of hydrogen-bond acceptors (Lipinski definition) is 6. The molecule has 0 aliphatic heterocycles. The van der Waals surface area contributed by atoms with Crippen LogP contribution in [0.2, 0.25) is 0 Å². The van der Waals surface area contributed by atoms with Gasteiger partial charge in [0.15, 0.2) is 12.4 Å². The summed E-state index contributed by atoms with van der Waals surface area (Å²) < 4.78 is 5.17. The van der Waals surface area contributed by atoms with Crippen molar-refractivity contribution < 1.29 is 23.9 Å². The van der Waals surface area contributed by atoms with E-state index in [2.05, 4.69) is 10.6 Å². The molecule has 33 heavy (non-hydrogen) atoms. The molecule has 0 spiro atoms. The fourth-order valence-electron chi connectivity index (χ4n) is 3.04. The van der Waals surface area contributed by atoms with Gasteiger partial charge in [0.1, 0.15) is 0 Å². The average molecular weight is 465 g/mol. The third-order valence-corrected chi connectivity index (χ3v) is 5.60. The molecule has 170 valence electrons. The lowest BCUT2D eigenvalue weighted by atomic mass is 10.1. The number of carbonyl (C=O) groups is 4. The molecule has 0 atom stereocenters. The molecular weight excluding hydrogens is 440 g/mol. The lowest BCUT2D eigenvalue weighted by Gasteiger charge is -2.08. The highest BCUT2D eigenvalue weighted by Crippen LogP contribution is 2.16. The highest BCUT2D eigenvalue weighted by molar-refractivity contribution is 7.12. The maximum atomic E-state index is 12.4. The Labute approximate surface area is 195 Å². The Kier molecular flexibility index (Phi) is 8.49. The molecule has 0 radical (unpaired) electrons. The van der Waals surface area contributed by atoms with Crippen molar-refractivity contribution in [1.82, 2.24) is 5.32 Å². The van der Waals surface area contributed by atoms with Gasteiger partial charge in [-0.2, -0.15) is 0 Å². The Morgan fingerprint density at radius 1 is 0.939 bits per heavy atom. The third kappa shape index (κ3) is 7.40. The van der Waals surface area contributed by atoms with E-state index in [1.807, 2.05) is 17.5 Å². The zero-order chi connectivity index (χ0) is 23.6. The van der Waals surface area contributed by atoms with E-state index in [4.69, 9.17) is 4.74 Å². The number of ether oxygens (including phenoxy) is 1.